The summed E-state index contributed by atoms with van der Waals surface area (Å²) in [5, 5.41) is 5.09. The van der Waals surface area contributed by atoms with Gasteiger partial charge in [0.25, 0.3) is 0 Å². The monoisotopic (exact) mass is 528 g/mol. The Labute approximate surface area is 222 Å². The molecule has 0 aromatic heterocycles. The summed E-state index contributed by atoms with van der Waals surface area (Å²) < 4.78 is 10.5. The van der Waals surface area contributed by atoms with Crippen molar-refractivity contribution in [3.63, 3.8) is 0 Å². The Morgan fingerprint density at radius 1 is 0.892 bits per heavy atom. The maximum atomic E-state index is 13.3. The van der Waals surface area contributed by atoms with Gasteiger partial charge in [-0.05, 0) is 38.8 Å². The molecule has 200 valence electrons. The molecule has 0 aliphatic heterocycles. The number of ether oxygens (including phenoxy) is 2. The Morgan fingerprint density at radius 3 is 2.05 bits per heavy atom. The second-order valence-electron chi connectivity index (χ2n) is 9.46. The zero-order valence-corrected chi connectivity index (χ0v) is 22.8. The van der Waals surface area contributed by atoms with Crippen LogP contribution in [-0.4, -0.2) is 53.1 Å². The zero-order chi connectivity index (χ0) is 27.4. The molecule has 2 aromatic rings. The summed E-state index contributed by atoms with van der Waals surface area (Å²) in [6.07, 6.45) is -0.589. The molecule has 2 N–H and O–H groups in total. The van der Waals surface area contributed by atoms with Gasteiger partial charge in [-0.1, -0.05) is 79.3 Å². The van der Waals surface area contributed by atoms with Gasteiger partial charge < -0.3 is 20.1 Å². The van der Waals surface area contributed by atoms with Gasteiger partial charge in [-0.3, -0.25) is 9.59 Å². The van der Waals surface area contributed by atoms with Crippen LogP contribution in [-0.2, 0) is 30.3 Å². The average molecular weight is 529 g/mol. The van der Waals surface area contributed by atoms with Gasteiger partial charge in [0.2, 0.25) is 5.91 Å². The smallest absolute Gasteiger partial charge is 0.408 e. The lowest BCUT2D eigenvalue weighted by molar-refractivity contribution is -0.147. The van der Waals surface area contributed by atoms with E-state index in [-0.39, 0.29) is 23.9 Å². The SMILES string of the molecule is CCOC(=O)[C@H](Cc1ccccc1)NC(=O)[C@H](CSC(=O)[C@H](C)c1ccccc1)NC(=O)OC(C)(C)C. The normalized spacial score (nSPS) is 13.5. The van der Waals surface area contributed by atoms with Crippen LogP contribution in [0.5, 0.6) is 0 Å². The summed E-state index contributed by atoms with van der Waals surface area (Å²) in [6.45, 7) is 8.75. The van der Waals surface area contributed by atoms with Crippen LogP contribution in [0.25, 0.3) is 0 Å². The summed E-state index contributed by atoms with van der Waals surface area (Å²) in [5.41, 5.74) is 0.904. The molecule has 0 aliphatic rings. The molecular weight excluding hydrogens is 492 g/mol. The number of amides is 2. The largest absolute Gasteiger partial charge is 0.464 e. The van der Waals surface area contributed by atoms with Crippen molar-refractivity contribution in [2.24, 2.45) is 0 Å². The van der Waals surface area contributed by atoms with Crippen LogP contribution in [0, 0.1) is 0 Å². The minimum atomic E-state index is -1.13. The van der Waals surface area contributed by atoms with E-state index in [9.17, 15) is 19.2 Å². The molecule has 2 amide bonds. The first kappa shape index (κ1) is 29.9. The topological polar surface area (TPSA) is 111 Å². The summed E-state index contributed by atoms with van der Waals surface area (Å²) in [4.78, 5) is 51.3. The van der Waals surface area contributed by atoms with E-state index in [1.165, 1.54) is 0 Å². The van der Waals surface area contributed by atoms with Crippen LogP contribution < -0.4 is 10.6 Å². The van der Waals surface area contributed by atoms with Gasteiger partial charge in [-0.25, -0.2) is 9.59 Å². The Hall–Kier alpha value is -3.33. The number of rotatable bonds is 11. The molecule has 0 aliphatic carbocycles. The van der Waals surface area contributed by atoms with E-state index in [1.807, 2.05) is 60.7 Å². The minimum absolute atomic E-state index is 0.0397. The number of carbonyl (C=O) groups is 4. The van der Waals surface area contributed by atoms with E-state index in [0.717, 1.165) is 22.9 Å². The van der Waals surface area contributed by atoms with E-state index in [4.69, 9.17) is 9.47 Å². The van der Waals surface area contributed by atoms with Crippen molar-refractivity contribution in [1.82, 2.24) is 10.6 Å². The van der Waals surface area contributed by atoms with Crippen molar-refractivity contribution in [1.29, 1.82) is 0 Å². The fraction of sp³-hybridized carbons (Fsp3) is 0.429. The molecule has 0 heterocycles. The van der Waals surface area contributed by atoms with Crippen LogP contribution in [0.3, 0.4) is 0 Å². The van der Waals surface area contributed by atoms with Crippen molar-refractivity contribution < 1.29 is 28.7 Å². The van der Waals surface area contributed by atoms with Crippen molar-refractivity contribution >= 4 is 34.8 Å². The Balaban J connectivity index is 2.17. The summed E-state index contributed by atoms with van der Waals surface area (Å²) in [6, 6.07) is 16.4. The number of alkyl carbamates (subject to hydrolysis) is 1. The minimum Gasteiger partial charge on any atom is -0.464 e. The van der Waals surface area contributed by atoms with Gasteiger partial charge in [0.1, 0.15) is 17.7 Å². The first-order chi connectivity index (χ1) is 17.5. The molecule has 0 radical (unpaired) electrons. The maximum Gasteiger partial charge on any atom is 0.408 e. The third-order valence-corrected chi connectivity index (χ3v) is 6.36. The number of hydrogen-bond acceptors (Lipinski definition) is 7. The lowest BCUT2D eigenvalue weighted by Crippen LogP contribution is -2.54. The Kier molecular flexibility index (Phi) is 11.7. The molecule has 0 fully saturated rings. The predicted octanol–water partition coefficient (Wildman–Crippen LogP) is 4.23. The molecule has 2 aromatic carbocycles. The first-order valence-corrected chi connectivity index (χ1v) is 13.2. The van der Waals surface area contributed by atoms with E-state index < -0.39 is 41.6 Å². The zero-order valence-electron chi connectivity index (χ0n) is 22.0. The van der Waals surface area contributed by atoms with Gasteiger partial charge in [0.05, 0.1) is 12.5 Å². The number of thioether (sulfide) groups is 1. The molecular formula is C28H36N2O6S. The summed E-state index contributed by atoms with van der Waals surface area (Å²) in [7, 11) is 0. The number of carbonyl (C=O) groups excluding carboxylic acids is 4. The third-order valence-electron chi connectivity index (χ3n) is 5.22. The molecule has 0 unspecified atom stereocenters. The molecule has 37 heavy (non-hydrogen) atoms. The van der Waals surface area contributed by atoms with Gasteiger partial charge in [-0.15, -0.1) is 0 Å². The number of nitrogens with one attached hydrogen (secondary N) is 2. The van der Waals surface area contributed by atoms with E-state index in [0.29, 0.717) is 0 Å². The van der Waals surface area contributed by atoms with Crippen molar-refractivity contribution in [3.8, 4) is 0 Å². The van der Waals surface area contributed by atoms with Crippen molar-refractivity contribution in [3.05, 3.63) is 71.8 Å². The summed E-state index contributed by atoms with van der Waals surface area (Å²) in [5.74, 6) is -1.64. The molecule has 0 saturated heterocycles. The van der Waals surface area contributed by atoms with Crippen LogP contribution >= 0.6 is 11.8 Å². The van der Waals surface area contributed by atoms with Gasteiger partial charge >= 0.3 is 12.1 Å². The lowest BCUT2D eigenvalue weighted by Gasteiger charge is -2.25. The summed E-state index contributed by atoms with van der Waals surface area (Å²) >= 11 is 0.939. The molecule has 0 bridgehead atoms. The fourth-order valence-electron chi connectivity index (χ4n) is 3.36. The van der Waals surface area contributed by atoms with Gasteiger partial charge in [0.15, 0.2) is 5.12 Å². The fourth-order valence-corrected chi connectivity index (χ4v) is 4.31. The van der Waals surface area contributed by atoms with E-state index in [1.54, 1.807) is 34.6 Å². The molecule has 0 saturated carbocycles. The van der Waals surface area contributed by atoms with E-state index >= 15 is 0 Å². The van der Waals surface area contributed by atoms with Crippen LogP contribution in [0.4, 0.5) is 4.79 Å². The number of esters is 1. The average Bonchev–Trinajstić information content (AvgIpc) is 2.85. The maximum absolute atomic E-state index is 13.3. The second-order valence-corrected chi connectivity index (χ2v) is 10.5. The quantitative estimate of drug-likeness (QED) is 0.420. The molecule has 8 nitrogen and oxygen atoms in total. The number of benzene rings is 2. The highest BCUT2D eigenvalue weighted by Crippen LogP contribution is 2.22. The van der Waals surface area contributed by atoms with Crippen LogP contribution in [0.2, 0.25) is 0 Å². The van der Waals surface area contributed by atoms with Crippen molar-refractivity contribution in [2.45, 2.75) is 64.6 Å². The molecule has 0 spiro atoms. The van der Waals surface area contributed by atoms with Crippen LogP contribution in [0.15, 0.2) is 60.7 Å². The molecule has 2 rings (SSSR count). The Morgan fingerprint density at radius 2 is 1.49 bits per heavy atom. The standard InChI is InChI=1S/C28H36N2O6S/c1-6-35-25(32)22(17-20-13-9-7-10-14-20)29-24(31)23(30-27(34)36-28(3,4)5)18-37-26(33)19(2)21-15-11-8-12-16-21/h7-16,19,22-23H,6,17-18H2,1-5H3,(H,29,31)(H,30,34)/t19-,22+,23+/m1/s1. The van der Waals surface area contributed by atoms with Crippen molar-refractivity contribution in [2.75, 3.05) is 12.4 Å². The van der Waals surface area contributed by atoms with Gasteiger partial charge in [-0.2, -0.15) is 0 Å². The highest BCUT2D eigenvalue weighted by Gasteiger charge is 2.30. The number of hydrogen-bond donors (Lipinski definition) is 2. The third kappa shape index (κ3) is 10.7. The first-order valence-electron chi connectivity index (χ1n) is 12.2. The predicted molar refractivity (Wildman–Crippen MR) is 144 cm³/mol. The molecule has 9 heteroatoms. The van der Waals surface area contributed by atoms with Gasteiger partial charge in [0, 0.05) is 12.2 Å². The lowest BCUT2D eigenvalue weighted by atomic mass is 10.0. The van der Waals surface area contributed by atoms with E-state index in [2.05, 4.69) is 10.6 Å². The second kappa shape index (κ2) is 14.4. The van der Waals surface area contributed by atoms with Crippen LogP contribution in [0.1, 0.15) is 51.7 Å². The highest BCUT2D eigenvalue weighted by atomic mass is 32.2. The highest BCUT2D eigenvalue weighted by molar-refractivity contribution is 8.13. The Bertz CT molecular complexity index is 1040. The molecule has 3 atom stereocenters.